The molecule has 160 valence electrons. The van der Waals surface area contributed by atoms with E-state index in [-0.39, 0.29) is 32.6 Å². The van der Waals surface area contributed by atoms with E-state index < -0.39 is 28.7 Å². The minimum Gasteiger partial charge on any atom is -0.323 e. The van der Waals surface area contributed by atoms with Crippen LogP contribution in [0.1, 0.15) is 36.7 Å². The number of benzene rings is 2. The highest BCUT2D eigenvalue weighted by molar-refractivity contribution is 6.39. The fourth-order valence-corrected chi connectivity index (χ4v) is 3.39. The Balaban J connectivity index is 2.26. The van der Waals surface area contributed by atoms with Crippen LogP contribution in [-0.2, 0) is 4.79 Å². The normalized spacial score (nSPS) is 11.3. The average molecular weight is 463 g/mol. The number of amides is 1. The van der Waals surface area contributed by atoms with Crippen molar-refractivity contribution in [2.45, 2.75) is 20.8 Å². The van der Waals surface area contributed by atoms with E-state index in [2.05, 4.69) is 10.3 Å². The molecule has 3 aromatic rings. The Labute approximate surface area is 188 Å². The van der Waals surface area contributed by atoms with Crippen LogP contribution in [0, 0.1) is 17.0 Å². The molecule has 1 heterocycles. The van der Waals surface area contributed by atoms with E-state index in [9.17, 15) is 18.4 Å². The summed E-state index contributed by atoms with van der Waals surface area (Å²) in [6.07, 6.45) is 1.33. The predicted octanol–water partition coefficient (Wildman–Crippen LogP) is 6.55. The smallest absolute Gasteiger partial charge is 0.229 e. The molecular formula is C23H18Cl2F2N2O2. The van der Waals surface area contributed by atoms with Crippen molar-refractivity contribution in [1.82, 2.24) is 4.98 Å². The number of carbonyl (C=O) groups excluding carboxylic acids is 2. The van der Waals surface area contributed by atoms with Gasteiger partial charge in [0, 0.05) is 28.8 Å². The molecule has 0 aliphatic carbocycles. The van der Waals surface area contributed by atoms with Crippen molar-refractivity contribution in [3.63, 3.8) is 0 Å². The molecule has 0 atom stereocenters. The first kappa shape index (κ1) is 22.8. The van der Waals surface area contributed by atoms with Crippen LogP contribution in [0.4, 0.5) is 14.5 Å². The van der Waals surface area contributed by atoms with E-state index in [1.807, 2.05) is 0 Å². The molecule has 1 amide bonds. The minimum absolute atomic E-state index is 0.0335. The van der Waals surface area contributed by atoms with E-state index in [0.717, 1.165) is 12.1 Å². The number of halogens is 4. The maximum absolute atomic E-state index is 14.3. The van der Waals surface area contributed by atoms with Gasteiger partial charge in [0.05, 0.1) is 27.0 Å². The van der Waals surface area contributed by atoms with Gasteiger partial charge < -0.3 is 5.32 Å². The van der Waals surface area contributed by atoms with Crippen LogP contribution >= 0.6 is 23.2 Å². The Hall–Kier alpha value is -2.83. The lowest BCUT2D eigenvalue weighted by molar-refractivity contribution is -0.123. The monoisotopic (exact) mass is 462 g/mol. The maximum Gasteiger partial charge on any atom is 0.229 e. The van der Waals surface area contributed by atoms with Crippen LogP contribution in [0.25, 0.3) is 11.3 Å². The van der Waals surface area contributed by atoms with E-state index in [1.165, 1.54) is 12.3 Å². The van der Waals surface area contributed by atoms with Crippen LogP contribution in [0.5, 0.6) is 0 Å². The van der Waals surface area contributed by atoms with Gasteiger partial charge in [0.2, 0.25) is 5.91 Å². The first-order valence-corrected chi connectivity index (χ1v) is 10.0. The highest BCUT2D eigenvalue weighted by Gasteiger charge is 2.28. The third-order valence-corrected chi connectivity index (χ3v) is 5.12. The number of rotatable bonds is 4. The molecule has 0 saturated heterocycles. The van der Waals surface area contributed by atoms with Gasteiger partial charge in [-0.1, -0.05) is 50.0 Å². The number of hydrogen-bond acceptors (Lipinski definition) is 3. The quantitative estimate of drug-likeness (QED) is 0.447. The fourth-order valence-electron chi connectivity index (χ4n) is 2.81. The van der Waals surface area contributed by atoms with Crippen LogP contribution < -0.4 is 5.32 Å². The zero-order chi connectivity index (χ0) is 22.9. The summed E-state index contributed by atoms with van der Waals surface area (Å²) >= 11 is 12.7. The van der Waals surface area contributed by atoms with Gasteiger partial charge in [0.15, 0.2) is 5.78 Å². The summed E-state index contributed by atoms with van der Waals surface area (Å²) in [7, 11) is 0. The first-order chi connectivity index (χ1) is 14.5. The Morgan fingerprint density at radius 1 is 0.968 bits per heavy atom. The molecule has 1 N–H and O–H groups in total. The van der Waals surface area contributed by atoms with Gasteiger partial charge in [-0.3, -0.25) is 14.6 Å². The number of hydrogen-bond donors (Lipinski definition) is 1. The summed E-state index contributed by atoms with van der Waals surface area (Å²) in [5.41, 5.74) is -0.699. The third kappa shape index (κ3) is 4.75. The molecule has 2 aromatic carbocycles. The second-order valence-corrected chi connectivity index (χ2v) is 8.65. The zero-order valence-electron chi connectivity index (χ0n) is 16.9. The van der Waals surface area contributed by atoms with Crippen molar-refractivity contribution in [2.24, 2.45) is 5.41 Å². The zero-order valence-corrected chi connectivity index (χ0v) is 18.4. The maximum atomic E-state index is 14.3. The van der Waals surface area contributed by atoms with Crippen molar-refractivity contribution in [1.29, 1.82) is 0 Å². The van der Waals surface area contributed by atoms with Crippen LogP contribution in [-0.4, -0.2) is 16.7 Å². The van der Waals surface area contributed by atoms with Gasteiger partial charge >= 0.3 is 0 Å². The standard InChI is InChI=1S/C23H18Cl2F2N2O2/c1-23(2,3)22(31)29-19-14(21(30)13-8-7-12(26)11-17(13)27)9-10-28-20(19)18-15(24)5-4-6-16(18)25/h4-11H,1-3H3,(H,29,31). The summed E-state index contributed by atoms with van der Waals surface area (Å²) < 4.78 is 27.6. The summed E-state index contributed by atoms with van der Waals surface area (Å²) in [4.78, 5) is 30.2. The van der Waals surface area contributed by atoms with E-state index in [1.54, 1.807) is 39.0 Å². The largest absolute Gasteiger partial charge is 0.323 e. The van der Waals surface area contributed by atoms with Crippen LogP contribution in [0.15, 0.2) is 48.7 Å². The lowest BCUT2D eigenvalue weighted by atomic mass is 9.94. The molecule has 0 spiro atoms. The number of pyridine rings is 1. The topological polar surface area (TPSA) is 59.1 Å². The van der Waals surface area contributed by atoms with Gasteiger partial charge in [-0.25, -0.2) is 8.78 Å². The number of carbonyl (C=O) groups is 2. The lowest BCUT2D eigenvalue weighted by Gasteiger charge is -2.21. The number of anilines is 1. The SMILES string of the molecule is CC(C)(C)C(=O)Nc1c(C(=O)c2ccc(F)cc2F)ccnc1-c1c(Cl)cccc1Cl. The fraction of sp³-hybridized carbons (Fsp3) is 0.174. The lowest BCUT2D eigenvalue weighted by Crippen LogP contribution is -2.29. The molecular weight excluding hydrogens is 445 g/mol. The number of ketones is 1. The van der Waals surface area contributed by atoms with Gasteiger partial charge in [-0.05, 0) is 30.3 Å². The number of nitrogens with zero attached hydrogens (tertiary/aromatic N) is 1. The van der Waals surface area contributed by atoms with Crippen LogP contribution in [0.2, 0.25) is 10.0 Å². The molecule has 0 fully saturated rings. The Kier molecular flexibility index (Phi) is 6.43. The summed E-state index contributed by atoms with van der Waals surface area (Å²) in [6, 6.07) is 8.82. The molecule has 0 aliphatic rings. The molecule has 0 radical (unpaired) electrons. The third-order valence-electron chi connectivity index (χ3n) is 4.49. The summed E-state index contributed by atoms with van der Waals surface area (Å²) in [5.74, 6) is -2.99. The van der Waals surface area contributed by atoms with Gasteiger partial charge in [-0.15, -0.1) is 0 Å². The van der Waals surface area contributed by atoms with Crippen molar-refractivity contribution in [2.75, 3.05) is 5.32 Å². The highest BCUT2D eigenvalue weighted by Crippen LogP contribution is 2.39. The molecule has 0 unspecified atom stereocenters. The summed E-state index contributed by atoms with van der Waals surface area (Å²) in [6.45, 7) is 5.09. The van der Waals surface area contributed by atoms with Crippen molar-refractivity contribution in [3.05, 3.63) is 81.5 Å². The predicted molar refractivity (Wildman–Crippen MR) is 118 cm³/mol. The number of aromatic nitrogens is 1. The molecule has 8 heteroatoms. The second kappa shape index (κ2) is 8.73. The second-order valence-electron chi connectivity index (χ2n) is 7.84. The molecule has 3 rings (SSSR count). The summed E-state index contributed by atoms with van der Waals surface area (Å²) in [5, 5.41) is 3.22. The minimum atomic E-state index is -1.02. The molecule has 31 heavy (non-hydrogen) atoms. The molecule has 0 aliphatic heterocycles. The Morgan fingerprint density at radius 2 is 1.61 bits per heavy atom. The average Bonchev–Trinajstić information content (AvgIpc) is 2.67. The Bertz CT molecular complexity index is 1170. The highest BCUT2D eigenvalue weighted by atomic mass is 35.5. The molecule has 1 aromatic heterocycles. The first-order valence-electron chi connectivity index (χ1n) is 9.25. The van der Waals surface area contributed by atoms with Gasteiger partial charge in [0.1, 0.15) is 11.6 Å². The van der Waals surface area contributed by atoms with E-state index >= 15 is 0 Å². The molecule has 4 nitrogen and oxygen atoms in total. The van der Waals surface area contributed by atoms with E-state index in [4.69, 9.17) is 23.2 Å². The van der Waals surface area contributed by atoms with Crippen molar-refractivity contribution >= 4 is 40.6 Å². The van der Waals surface area contributed by atoms with Crippen LogP contribution in [0.3, 0.4) is 0 Å². The van der Waals surface area contributed by atoms with E-state index in [0.29, 0.717) is 11.6 Å². The van der Waals surface area contributed by atoms with Gasteiger partial charge in [0.25, 0.3) is 0 Å². The van der Waals surface area contributed by atoms with Crippen molar-refractivity contribution < 1.29 is 18.4 Å². The van der Waals surface area contributed by atoms with Gasteiger partial charge in [-0.2, -0.15) is 0 Å². The molecule has 0 saturated carbocycles. The molecule has 0 bridgehead atoms. The Morgan fingerprint density at radius 3 is 2.19 bits per heavy atom. The number of nitrogens with one attached hydrogen (secondary N) is 1. The van der Waals surface area contributed by atoms with Crippen molar-refractivity contribution in [3.8, 4) is 11.3 Å².